The Hall–Kier alpha value is -2.04. The third-order valence-corrected chi connectivity index (χ3v) is 1.63. The molecule has 1 rings (SSSR count). The van der Waals surface area contributed by atoms with Crippen molar-refractivity contribution in [2.24, 2.45) is 0 Å². The fourth-order valence-electron chi connectivity index (χ4n) is 1.04. The number of aryl methyl sites for hydroxylation is 1. The van der Waals surface area contributed by atoms with Crippen LogP contribution < -0.4 is 4.74 Å². The lowest BCUT2D eigenvalue weighted by Crippen LogP contribution is -2.09. The van der Waals surface area contributed by atoms with Crippen LogP contribution >= 0.6 is 0 Å². The summed E-state index contributed by atoms with van der Waals surface area (Å²) in [6, 6.07) is 4.38. The Morgan fingerprint density at radius 3 is 2.43 bits per heavy atom. The molecule has 0 atom stereocenters. The Bertz CT molecular complexity index is 383. The Morgan fingerprint density at radius 2 is 1.93 bits per heavy atom. The van der Waals surface area contributed by atoms with Crippen molar-refractivity contribution in [1.29, 1.82) is 0 Å². The van der Waals surface area contributed by atoms with Gasteiger partial charge in [0.05, 0.1) is 0 Å². The molecule has 14 heavy (non-hydrogen) atoms. The summed E-state index contributed by atoms with van der Waals surface area (Å²) in [5.41, 5.74) is 0.305. The van der Waals surface area contributed by atoms with Crippen LogP contribution in [0.5, 0.6) is 5.75 Å². The lowest BCUT2D eigenvalue weighted by atomic mass is 10.1. The number of aromatic carboxylic acids is 1. The Labute approximate surface area is 79.6 Å². The van der Waals surface area contributed by atoms with Gasteiger partial charge in [0.2, 0.25) is 0 Å². The van der Waals surface area contributed by atoms with Gasteiger partial charge in [-0.3, -0.25) is 0 Å². The van der Waals surface area contributed by atoms with Crippen molar-refractivity contribution >= 4 is 12.1 Å². The van der Waals surface area contributed by atoms with Crippen molar-refractivity contribution in [3.63, 3.8) is 0 Å². The number of rotatable bonds is 2. The molecular weight excluding hydrogens is 188 g/mol. The van der Waals surface area contributed by atoms with E-state index in [1.54, 1.807) is 13.0 Å². The van der Waals surface area contributed by atoms with Crippen molar-refractivity contribution in [3.8, 4) is 5.75 Å². The van der Waals surface area contributed by atoms with E-state index in [0.717, 1.165) is 0 Å². The second-order valence-corrected chi connectivity index (χ2v) is 2.62. The monoisotopic (exact) mass is 196 g/mol. The molecular formula is C9H8O5. The van der Waals surface area contributed by atoms with Crippen molar-refractivity contribution in [1.82, 2.24) is 0 Å². The summed E-state index contributed by atoms with van der Waals surface area (Å²) < 4.78 is 4.37. The molecule has 0 bridgehead atoms. The van der Waals surface area contributed by atoms with Crippen LogP contribution in [-0.4, -0.2) is 22.3 Å². The number of carbonyl (C=O) groups is 2. The van der Waals surface area contributed by atoms with E-state index in [1.165, 1.54) is 12.1 Å². The highest BCUT2D eigenvalue weighted by Crippen LogP contribution is 2.23. The minimum Gasteiger partial charge on any atom is -0.478 e. The van der Waals surface area contributed by atoms with E-state index >= 15 is 0 Å². The van der Waals surface area contributed by atoms with E-state index in [0.29, 0.717) is 5.56 Å². The average molecular weight is 196 g/mol. The van der Waals surface area contributed by atoms with Gasteiger partial charge in [-0.25, -0.2) is 9.59 Å². The maximum atomic E-state index is 10.7. The first kappa shape index (κ1) is 10.0. The van der Waals surface area contributed by atoms with Gasteiger partial charge >= 0.3 is 12.1 Å². The first-order valence-corrected chi connectivity index (χ1v) is 3.76. The third kappa shape index (κ3) is 2.01. The number of hydrogen-bond acceptors (Lipinski definition) is 3. The molecule has 0 radical (unpaired) electrons. The van der Waals surface area contributed by atoms with Crippen molar-refractivity contribution in [2.45, 2.75) is 6.92 Å². The van der Waals surface area contributed by atoms with Crippen LogP contribution in [-0.2, 0) is 0 Å². The molecule has 0 saturated heterocycles. The first-order valence-electron chi connectivity index (χ1n) is 3.76. The normalized spacial score (nSPS) is 9.50. The highest BCUT2D eigenvalue weighted by molar-refractivity contribution is 5.92. The molecule has 5 heteroatoms. The van der Waals surface area contributed by atoms with Crippen LogP contribution in [0.3, 0.4) is 0 Å². The second kappa shape index (κ2) is 3.78. The molecule has 0 fully saturated rings. The molecule has 1 aromatic rings. The highest BCUT2D eigenvalue weighted by atomic mass is 16.7. The van der Waals surface area contributed by atoms with Gasteiger partial charge < -0.3 is 14.9 Å². The van der Waals surface area contributed by atoms with Gasteiger partial charge in [-0.15, -0.1) is 0 Å². The fraction of sp³-hybridized carbons (Fsp3) is 0.111. The number of para-hydroxylation sites is 1. The van der Waals surface area contributed by atoms with Crippen molar-refractivity contribution in [2.75, 3.05) is 0 Å². The van der Waals surface area contributed by atoms with E-state index in [9.17, 15) is 9.59 Å². The summed E-state index contributed by atoms with van der Waals surface area (Å²) in [6.07, 6.45) is -1.53. The second-order valence-electron chi connectivity index (χ2n) is 2.62. The molecule has 0 amide bonds. The molecule has 1 aromatic carbocycles. The van der Waals surface area contributed by atoms with E-state index in [-0.39, 0.29) is 11.3 Å². The van der Waals surface area contributed by atoms with Crippen LogP contribution in [0.25, 0.3) is 0 Å². The molecule has 0 aliphatic carbocycles. The molecule has 0 saturated carbocycles. The van der Waals surface area contributed by atoms with Crippen LogP contribution in [0.1, 0.15) is 15.9 Å². The van der Waals surface area contributed by atoms with Gasteiger partial charge in [0.25, 0.3) is 0 Å². The number of ether oxygens (including phenoxy) is 1. The topological polar surface area (TPSA) is 83.8 Å². The van der Waals surface area contributed by atoms with Crippen molar-refractivity contribution < 1.29 is 24.5 Å². The van der Waals surface area contributed by atoms with E-state index in [1.807, 2.05) is 0 Å². The lowest BCUT2D eigenvalue weighted by molar-refractivity contribution is 0.0693. The summed E-state index contributed by atoms with van der Waals surface area (Å²) in [6.45, 7) is 1.57. The zero-order valence-electron chi connectivity index (χ0n) is 7.35. The zero-order chi connectivity index (χ0) is 10.7. The molecule has 5 nitrogen and oxygen atoms in total. The number of benzene rings is 1. The summed E-state index contributed by atoms with van der Waals surface area (Å²) in [5, 5.41) is 17.1. The molecule has 0 spiro atoms. The van der Waals surface area contributed by atoms with E-state index < -0.39 is 12.1 Å². The van der Waals surface area contributed by atoms with E-state index in [2.05, 4.69) is 4.74 Å². The largest absolute Gasteiger partial charge is 0.511 e. The SMILES string of the molecule is Cc1cccc(C(=O)O)c1OC(=O)O. The standard InChI is InChI=1S/C9H8O5/c1-5-3-2-4-6(8(10)11)7(5)14-9(12)13/h2-4H,1H3,(H,10,11)(H,12,13). The first-order chi connectivity index (χ1) is 6.52. The molecule has 2 N–H and O–H groups in total. The fourth-order valence-corrected chi connectivity index (χ4v) is 1.04. The van der Waals surface area contributed by atoms with Gasteiger partial charge in [0, 0.05) is 0 Å². The Morgan fingerprint density at radius 1 is 1.29 bits per heavy atom. The maximum absolute atomic E-state index is 10.7. The van der Waals surface area contributed by atoms with Gasteiger partial charge in [0.1, 0.15) is 5.56 Å². The van der Waals surface area contributed by atoms with Crippen LogP contribution in [0.15, 0.2) is 18.2 Å². The predicted molar refractivity (Wildman–Crippen MR) is 46.8 cm³/mol. The van der Waals surface area contributed by atoms with E-state index in [4.69, 9.17) is 10.2 Å². The minimum absolute atomic E-state index is 0.132. The maximum Gasteiger partial charge on any atom is 0.511 e. The smallest absolute Gasteiger partial charge is 0.478 e. The molecule has 74 valence electrons. The average Bonchev–Trinajstić information content (AvgIpc) is 2.07. The molecule has 0 heterocycles. The summed E-state index contributed by atoms with van der Waals surface area (Å²) in [7, 11) is 0. The molecule has 0 aliphatic rings. The summed E-state index contributed by atoms with van der Waals surface area (Å²) in [5.74, 6) is -1.35. The van der Waals surface area contributed by atoms with Gasteiger partial charge in [0.15, 0.2) is 5.75 Å². The molecule has 0 aromatic heterocycles. The number of carboxylic acid groups (broad SMARTS) is 2. The molecule has 0 aliphatic heterocycles. The van der Waals surface area contributed by atoms with Crippen LogP contribution in [0, 0.1) is 6.92 Å². The van der Waals surface area contributed by atoms with Gasteiger partial charge in [-0.1, -0.05) is 12.1 Å². The highest BCUT2D eigenvalue weighted by Gasteiger charge is 2.15. The zero-order valence-corrected chi connectivity index (χ0v) is 7.35. The Kier molecular flexibility index (Phi) is 2.71. The summed E-state index contributed by atoms with van der Waals surface area (Å²) in [4.78, 5) is 21.0. The van der Waals surface area contributed by atoms with Gasteiger partial charge in [-0.2, -0.15) is 0 Å². The number of hydrogen-bond donors (Lipinski definition) is 2. The van der Waals surface area contributed by atoms with Crippen LogP contribution in [0.4, 0.5) is 4.79 Å². The van der Waals surface area contributed by atoms with Gasteiger partial charge in [-0.05, 0) is 18.6 Å². The summed E-state index contributed by atoms with van der Waals surface area (Å²) >= 11 is 0. The quantitative estimate of drug-likeness (QED) is 0.556. The number of carboxylic acids is 1. The predicted octanol–water partition coefficient (Wildman–Crippen LogP) is 1.75. The van der Waals surface area contributed by atoms with Crippen molar-refractivity contribution in [3.05, 3.63) is 29.3 Å². The minimum atomic E-state index is -1.53. The van der Waals surface area contributed by atoms with Crippen LogP contribution in [0.2, 0.25) is 0 Å². The Balaban J connectivity index is 3.22. The lowest BCUT2D eigenvalue weighted by Gasteiger charge is -2.06. The molecule has 0 unspecified atom stereocenters. The third-order valence-electron chi connectivity index (χ3n) is 1.63.